The molecule has 1 aromatic rings. The Hall–Kier alpha value is -1.02. The van der Waals surface area contributed by atoms with Crippen LogP contribution in [-0.2, 0) is 0 Å². The number of anilines is 1. The van der Waals surface area contributed by atoms with Crippen LogP contribution < -0.4 is 10.2 Å². The molecule has 1 saturated heterocycles. The number of benzene rings is 1. The van der Waals surface area contributed by atoms with Crippen LogP contribution in [0.2, 0.25) is 0 Å². The maximum atomic E-state index is 3.63. The molecule has 1 fully saturated rings. The molecular formula is C16H26N2. The van der Waals surface area contributed by atoms with Gasteiger partial charge in [-0.3, -0.25) is 0 Å². The fourth-order valence-electron chi connectivity index (χ4n) is 2.85. The first-order valence-corrected chi connectivity index (χ1v) is 7.29. The van der Waals surface area contributed by atoms with Gasteiger partial charge in [-0.05, 0) is 24.0 Å². The molecule has 1 heterocycles. The number of nitrogens with zero attached hydrogens (tertiary/aromatic N) is 1. The first-order chi connectivity index (χ1) is 8.72. The molecule has 1 aliphatic rings. The van der Waals surface area contributed by atoms with Gasteiger partial charge in [0.2, 0.25) is 0 Å². The standard InChI is InChI=1S/C16H26N2/c1-4-7-14-12-18(11-10-17-14)16-9-6-5-8-15(16)13(2)3/h5-6,8-9,13-14,17H,4,7,10-12H2,1-3H3. The van der Waals surface area contributed by atoms with Crippen LogP contribution in [0.3, 0.4) is 0 Å². The van der Waals surface area contributed by atoms with Gasteiger partial charge in [-0.25, -0.2) is 0 Å². The van der Waals surface area contributed by atoms with Crippen LogP contribution in [0.4, 0.5) is 5.69 Å². The number of nitrogens with one attached hydrogen (secondary N) is 1. The molecule has 0 bridgehead atoms. The van der Waals surface area contributed by atoms with E-state index >= 15 is 0 Å². The third-order valence-electron chi connectivity index (χ3n) is 3.79. The van der Waals surface area contributed by atoms with Crippen LogP contribution in [0.15, 0.2) is 24.3 Å². The van der Waals surface area contributed by atoms with Crippen molar-refractivity contribution >= 4 is 5.69 Å². The zero-order valence-corrected chi connectivity index (χ0v) is 11.9. The minimum Gasteiger partial charge on any atom is -0.368 e. The van der Waals surface area contributed by atoms with Crippen LogP contribution in [0, 0.1) is 0 Å². The Morgan fingerprint density at radius 3 is 2.83 bits per heavy atom. The Morgan fingerprint density at radius 2 is 2.11 bits per heavy atom. The number of para-hydroxylation sites is 1. The molecular weight excluding hydrogens is 220 g/mol. The smallest absolute Gasteiger partial charge is 0.0402 e. The van der Waals surface area contributed by atoms with Crippen molar-refractivity contribution in [3.8, 4) is 0 Å². The second kappa shape index (κ2) is 6.24. The second-order valence-corrected chi connectivity index (χ2v) is 5.60. The number of hydrogen-bond acceptors (Lipinski definition) is 2. The van der Waals surface area contributed by atoms with E-state index in [1.807, 2.05) is 0 Å². The van der Waals surface area contributed by atoms with E-state index in [1.54, 1.807) is 0 Å². The van der Waals surface area contributed by atoms with Crippen molar-refractivity contribution in [3.05, 3.63) is 29.8 Å². The monoisotopic (exact) mass is 246 g/mol. The summed E-state index contributed by atoms with van der Waals surface area (Å²) in [6, 6.07) is 9.53. The molecule has 0 spiro atoms. The van der Waals surface area contributed by atoms with Gasteiger partial charge >= 0.3 is 0 Å². The van der Waals surface area contributed by atoms with Gasteiger partial charge in [0.1, 0.15) is 0 Å². The SMILES string of the molecule is CCCC1CN(c2ccccc2C(C)C)CCN1. The molecule has 18 heavy (non-hydrogen) atoms. The molecule has 2 heteroatoms. The van der Waals surface area contributed by atoms with Crippen LogP contribution >= 0.6 is 0 Å². The largest absolute Gasteiger partial charge is 0.368 e. The fraction of sp³-hybridized carbons (Fsp3) is 0.625. The van der Waals surface area contributed by atoms with Gasteiger partial charge in [0, 0.05) is 31.4 Å². The maximum Gasteiger partial charge on any atom is 0.0402 e. The fourth-order valence-corrected chi connectivity index (χ4v) is 2.85. The van der Waals surface area contributed by atoms with E-state index in [2.05, 4.69) is 55.3 Å². The summed E-state index contributed by atoms with van der Waals surface area (Å²) >= 11 is 0. The lowest BCUT2D eigenvalue weighted by molar-refractivity contribution is 0.430. The second-order valence-electron chi connectivity index (χ2n) is 5.60. The Labute approximate surface area is 111 Å². The van der Waals surface area contributed by atoms with Gasteiger partial charge in [-0.1, -0.05) is 45.4 Å². The Balaban J connectivity index is 2.15. The zero-order valence-electron chi connectivity index (χ0n) is 11.9. The van der Waals surface area contributed by atoms with Crippen molar-refractivity contribution in [1.29, 1.82) is 0 Å². The molecule has 0 aliphatic carbocycles. The molecule has 100 valence electrons. The highest BCUT2D eigenvalue weighted by molar-refractivity contribution is 5.55. The summed E-state index contributed by atoms with van der Waals surface area (Å²) in [6.45, 7) is 10.2. The lowest BCUT2D eigenvalue weighted by atomic mass is 9.99. The summed E-state index contributed by atoms with van der Waals surface area (Å²) in [6.07, 6.45) is 2.54. The highest BCUT2D eigenvalue weighted by Gasteiger charge is 2.20. The highest BCUT2D eigenvalue weighted by atomic mass is 15.2. The summed E-state index contributed by atoms with van der Waals surface area (Å²) in [7, 11) is 0. The van der Waals surface area contributed by atoms with E-state index in [4.69, 9.17) is 0 Å². The van der Waals surface area contributed by atoms with E-state index in [1.165, 1.54) is 24.1 Å². The van der Waals surface area contributed by atoms with Crippen LogP contribution in [0.1, 0.15) is 45.1 Å². The minimum absolute atomic E-state index is 0.598. The third kappa shape index (κ3) is 3.05. The van der Waals surface area contributed by atoms with Gasteiger partial charge < -0.3 is 10.2 Å². The molecule has 1 N–H and O–H groups in total. The molecule has 2 nitrogen and oxygen atoms in total. The Bertz CT molecular complexity index is 371. The van der Waals surface area contributed by atoms with Crippen molar-refractivity contribution < 1.29 is 0 Å². The summed E-state index contributed by atoms with van der Waals surface area (Å²) in [5.74, 6) is 0.598. The molecule has 2 rings (SSSR count). The first-order valence-electron chi connectivity index (χ1n) is 7.29. The van der Waals surface area contributed by atoms with E-state index in [0.717, 1.165) is 19.6 Å². The van der Waals surface area contributed by atoms with Gasteiger partial charge in [0.15, 0.2) is 0 Å². The molecule has 1 unspecified atom stereocenters. The minimum atomic E-state index is 0.598. The molecule has 0 radical (unpaired) electrons. The number of hydrogen-bond donors (Lipinski definition) is 1. The van der Waals surface area contributed by atoms with Crippen molar-refractivity contribution in [2.24, 2.45) is 0 Å². The topological polar surface area (TPSA) is 15.3 Å². The zero-order chi connectivity index (χ0) is 13.0. The predicted octanol–water partition coefficient (Wildman–Crippen LogP) is 3.39. The van der Waals surface area contributed by atoms with Crippen molar-refractivity contribution in [3.63, 3.8) is 0 Å². The predicted molar refractivity (Wildman–Crippen MR) is 79.4 cm³/mol. The summed E-state index contributed by atoms with van der Waals surface area (Å²) in [4.78, 5) is 2.56. The molecule has 0 aromatic heterocycles. The van der Waals surface area contributed by atoms with Crippen LogP contribution in [0.5, 0.6) is 0 Å². The Kier molecular flexibility index (Phi) is 4.65. The highest BCUT2D eigenvalue weighted by Crippen LogP contribution is 2.28. The lowest BCUT2D eigenvalue weighted by Crippen LogP contribution is -2.50. The molecule has 1 aromatic carbocycles. The van der Waals surface area contributed by atoms with Crippen LogP contribution in [0.25, 0.3) is 0 Å². The van der Waals surface area contributed by atoms with Gasteiger partial charge in [-0.15, -0.1) is 0 Å². The van der Waals surface area contributed by atoms with Crippen molar-refractivity contribution in [1.82, 2.24) is 5.32 Å². The number of rotatable bonds is 4. The summed E-state index contributed by atoms with van der Waals surface area (Å²) < 4.78 is 0. The molecule has 1 atom stereocenters. The quantitative estimate of drug-likeness (QED) is 0.876. The Morgan fingerprint density at radius 1 is 1.33 bits per heavy atom. The third-order valence-corrected chi connectivity index (χ3v) is 3.79. The van der Waals surface area contributed by atoms with Gasteiger partial charge in [-0.2, -0.15) is 0 Å². The van der Waals surface area contributed by atoms with E-state index in [-0.39, 0.29) is 0 Å². The average molecular weight is 246 g/mol. The molecule has 0 amide bonds. The normalized spacial score (nSPS) is 20.4. The van der Waals surface area contributed by atoms with Gasteiger partial charge in [0.05, 0.1) is 0 Å². The van der Waals surface area contributed by atoms with Crippen molar-refractivity contribution in [2.75, 3.05) is 24.5 Å². The maximum absolute atomic E-state index is 3.63. The summed E-state index contributed by atoms with van der Waals surface area (Å²) in [5, 5.41) is 3.63. The summed E-state index contributed by atoms with van der Waals surface area (Å²) in [5.41, 5.74) is 2.92. The van der Waals surface area contributed by atoms with Crippen molar-refractivity contribution in [2.45, 2.75) is 45.6 Å². The molecule has 1 aliphatic heterocycles. The van der Waals surface area contributed by atoms with E-state index in [9.17, 15) is 0 Å². The van der Waals surface area contributed by atoms with Gasteiger partial charge in [0.25, 0.3) is 0 Å². The van der Waals surface area contributed by atoms with E-state index in [0.29, 0.717) is 12.0 Å². The van der Waals surface area contributed by atoms with Crippen LogP contribution in [-0.4, -0.2) is 25.7 Å². The lowest BCUT2D eigenvalue weighted by Gasteiger charge is -2.36. The van der Waals surface area contributed by atoms with E-state index < -0.39 is 0 Å². The average Bonchev–Trinajstić information content (AvgIpc) is 2.39. The molecule has 0 saturated carbocycles. The first kappa shape index (κ1) is 13.4. The number of piperazine rings is 1.